The van der Waals surface area contributed by atoms with Crippen LogP contribution in [0.1, 0.15) is 35.2 Å². The van der Waals surface area contributed by atoms with Crippen molar-refractivity contribution in [3.8, 4) is 0 Å². The molecule has 2 nitrogen and oxygen atoms in total. The summed E-state index contributed by atoms with van der Waals surface area (Å²) in [5.41, 5.74) is 5.47. The van der Waals surface area contributed by atoms with Crippen molar-refractivity contribution >= 4 is 0 Å². The Kier molecular flexibility index (Phi) is 3.31. The number of hydrogen-bond acceptors (Lipinski definition) is 2. The molecule has 1 N–H and O–H groups in total. The molecule has 2 unspecified atom stereocenters. The Balaban J connectivity index is 2.23. The average molecular weight is 219 g/mol. The first-order chi connectivity index (χ1) is 7.58. The molecular formula is C14H21NO. The van der Waals surface area contributed by atoms with E-state index in [0.29, 0.717) is 12.1 Å². The van der Waals surface area contributed by atoms with E-state index in [4.69, 9.17) is 4.74 Å². The summed E-state index contributed by atoms with van der Waals surface area (Å²) in [6.07, 6.45) is 0.336. The van der Waals surface area contributed by atoms with Gasteiger partial charge < -0.3 is 10.1 Å². The third kappa shape index (κ3) is 2.28. The fourth-order valence-electron chi connectivity index (χ4n) is 2.24. The van der Waals surface area contributed by atoms with Crippen molar-refractivity contribution in [3.63, 3.8) is 0 Å². The van der Waals surface area contributed by atoms with Crippen LogP contribution in [-0.4, -0.2) is 19.3 Å². The zero-order chi connectivity index (χ0) is 11.7. The molecule has 0 bridgehead atoms. The summed E-state index contributed by atoms with van der Waals surface area (Å²) in [7, 11) is 0. The summed E-state index contributed by atoms with van der Waals surface area (Å²) in [5.74, 6) is 0. The number of morpholine rings is 1. The predicted molar refractivity (Wildman–Crippen MR) is 66.8 cm³/mol. The predicted octanol–water partition coefficient (Wildman–Crippen LogP) is 2.66. The van der Waals surface area contributed by atoms with Crippen LogP contribution in [0.25, 0.3) is 0 Å². The van der Waals surface area contributed by atoms with E-state index < -0.39 is 0 Å². The van der Waals surface area contributed by atoms with Gasteiger partial charge in [0.05, 0.1) is 18.8 Å². The number of nitrogens with one attached hydrogen (secondary N) is 1. The third-order valence-corrected chi connectivity index (χ3v) is 3.46. The lowest BCUT2D eigenvalue weighted by Crippen LogP contribution is -2.39. The highest BCUT2D eigenvalue weighted by molar-refractivity contribution is 5.38. The van der Waals surface area contributed by atoms with Crippen molar-refractivity contribution in [2.24, 2.45) is 0 Å². The van der Waals surface area contributed by atoms with E-state index in [9.17, 15) is 0 Å². The van der Waals surface area contributed by atoms with Crippen LogP contribution in [0.3, 0.4) is 0 Å². The standard InChI is InChI=1S/C14H21NO/c1-9-5-11(3)13(6-10(9)2)14-8-16-12(4)7-15-14/h5-6,12,14-15H,7-8H2,1-4H3. The smallest absolute Gasteiger partial charge is 0.0672 e. The summed E-state index contributed by atoms with van der Waals surface area (Å²) in [6, 6.07) is 4.92. The van der Waals surface area contributed by atoms with Crippen LogP contribution >= 0.6 is 0 Å². The Labute approximate surface area is 98.0 Å². The van der Waals surface area contributed by atoms with Crippen molar-refractivity contribution in [1.82, 2.24) is 5.32 Å². The average Bonchev–Trinajstić information content (AvgIpc) is 2.25. The third-order valence-electron chi connectivity index (χ3n) is 3.46. The first kappa shape index (κ1) is 11.6. The van der Waals surface area contributed by atoms with Gasteiger partial charge in [0, 0.05) is 6.54 Å². The van der Waals surface area contributed by atoms with E-state index >= 15 is 0 Å². The van der Waals surface area contributed by atoms with Gasteiger partial charge in [-0.3, -0.25) is 0 Å². The second kappa shape index (κ2) is 4.56. The van der Waals surface area contributed by atoms with Crippen molar-refractivity contribution in [2.75, 3.05) is 13.2 Å². The summed E-state index contributed by atoms with van der Waals surface area (Å²) in [5, 5.41) is 3.55. The highest BCUT2D eigenvalue weighted by Gasteiger charge is 2.20. The molecule has 1 aliphatic heterocycles. The molecule has 0 aliphatic carbocycles. The summed E-state index contributed by atoms with van der Waals surface area (Å²) in [4.78, 5) is 0. The highest BCUT2D eigenvalue weighted by Crippen LogP contribution is 2.24. The van der Waals surface area contributed by atoms with Gasteiger partial charge in [0.25, 0.3) is 0 Å². The topological polar surface area (TPSA) is 21.3 Å². The Morgan fingerprint density at radius 1 is 1.12 bits per heavy atom. The molecule has 2 heteroatoms. The number of hydrogen-bond donors (Lipinski definition) is 1. The van der Waals surface area contributed by atoms with Crippen LogP contribution in [0.2, 0.25) is 0 Å². The number of ether oxygens (including phenoxy) is 1. The maximum atomic E-state index is 5.71. The molecule has 16 heavy (non-hydrogen) atoms. The Hall–Kier alpha value is -0.860. The quantitative estimate of drug-likeness (QED) is 0.784. The highest BCUT2D eigenvalue weighted by atomic mass is 16.5. The molecular weight excluding hydrogens is 198 g/mol. The van der Waals surface area contributed by atoms with E-state index in [1.54, 1.807) is 0 Å². The van der Waals surface area contributed by atoms with Gasteiger partial charge in [-0.1, -0.05) is 12.1 Å². The van der Waals surface area contributed by atoms with Gasteiger partial charge in [0.15, 0.2) is 0 Å². The van der Waals surface area contributed by atoms with Gasteiger partial charge in [-0.05, 0) is 49.9 Å². The normalized spacial score (nSPS) is 25.8. The number of benzene rings is 1. The molecule has 1 heterocycles. The first-order valence-corrected chi connectivity index (χ1v) is 6.00. The Bertz CT molecular complexity index is 379. The molecule has 0 aromatic heterocycles. The minimum Gasteiger partial charge on any atom is -0.375 e. The van der Waals surface area contributed by atoms with Crippen molar-refractivity contribution < 1.29 is 4.74 Å². The molecule has 88 valence electrons. The second-order valence-corrected chi connectivity index (χ2v) is 4.90. The summed E-state index contributed by atoms with van der Waals surface area (Å²) in [6.45, 7) is 10.4. The van der Waals surface area contributed by atoms with Gasteiger partial charge in [-0.2, -0.15) is 0 Å². The van der Waals surface area contributed by atoms with Crippen molar-refractivity contribution in [1.29, 1.82) is 0 Å². The molecule has 1 aliphatic rings. The van der Waals surface area contributed by atoms with Gasteiger partial charge in [-0.25, -0.2) is 0 Å². The van der Waals surface area contributed by atoms with Crippen molar-refractivity contribution in [3.05, 3.63) is 34.4 Å². The van der Waals surface area contributed by atoms with Gasteiger partial charge in [0.1, 0.15) is 0 Å². The van der Waals surface area contributed by atoms with Crippen LogP contribution in [0.5, 0.6) is 0 Å². The van der Waals surface area contributed by atoms with Gasteiger partial charge in [0.2, 0.25) is 0 Å². The molecule has 0 radical (unpaired) electrons. The minimum atomic E-state index is 0.336. The van der Waals surface area contributed by atoms with E-state index in [1.165, 1.54) is 22.3 Å². The maximum absolute atomic E-state index is 5.71. The van der Waals surface area contributed by atoms with Gasteiger partial charge in [-0.15, -0.1) is 0 Å². The largest absolute Gasteiger partial charge is 0.375 e. The van der Waals surface area contributed by atoms with Crippen LogP contribution in [-0.2, 0) is 4.74 Å². The molecule has 1 aromatic rings. The lowest BCUT2D eigenvalue weighted by Gasteiger charge is -2.30. The monoisotopic (exact) mass is 219 g/mol. The zero-order valence-corrected chi connectivity index (χ0v) is 10.6. The second-order valence-electron chi connectivity index (χ2n) is 4.90. The van der Waals surface area contributed by atoms with Gasteiger partial charge >= 0.3 is 0 Å². The van der Waals surface area contributed by atoms with E-state index in [1.807, 2.05) is 0 Å². The van der Waals surface area contributed by atoms with Crippen LogP contribution in [0, 0.1) is 20.8 Å². The Morgan fingerprint density at radius 3 is 2.44 bits per heavy atom. The molecule has 0 spiro atoms. The van der Waals surface area contributed by atoms with Crippen LogP contribution in [0.15, 0.2) is 12.1 Å². The Morgan fingerprint density at radius 2 is 1.81 bits per heavy atom. The molecule has 2 atom stereocenters. The lowest BCUT2D eigenvalue weighted by molar-refractivity contribution is 0.0148. The van der Waals surface area contributed by atoms with E-state index in [2.05, 4.69) is 45.1 Å². The molecule has 1 aromatic carbocycles. The summed E-state index contributed by atoms with van der Waals surface area (Å²) >= 11 is 0. The lowest BCUT2D eigenvalue weighted by atomic mass is 9.95. The SMILES string of the molecule is Cc1cc(C)c(C2COC(C)CN2)cc1C. The molecule has 2 rings (SSSR count). The summed E-state index contributed by atoms with van der Waals surface area (Å²) < 4.78 is 5.71. The number of aryl methyl sites for hydroxylation is 3. The van der Waals surface area contributed by atoms with E-state index in [-0.39, 0.29) is 0 Å². The molecule has 0 amide bonds. The first-order valence-electron chi connectivity index (χ1n) is 6.00. The zero-order valence-electron chi connectivity index (χ0n) is 10.6. The molecule has 1 saturated heterocycles. The fraction of sp³-hybridized carbons (Fsp3) is 0.571. The molecule has 1 fully saturated rings. The van der Waals surface area contributed by atoms with Crippen LogP contribution in [0.4, 0.5) is 0 Å². The van der Waals surface area contributed by atoms with Crippen molar-refractivity contribution in [2.45, 2.75) is 39.8 Å². The maximum Gasteiger partial charge on any atom is 0.0672 e. The number of rotatable bonds is 1. The van der Waals surface area contributed by atoms with Crippen LogP contribution < -0.4 is 5.32 Å². The molecule has 0 saturated carbocycles. The minimum absolute atomic E-state index is 0.336. The fourth-order valence-corrected chi connectivity index (χ4v) is 2.24. The van der Waals surface area contributed by atoms with E-state index in [0.717, 1.165) is 13.2 Å².